The largest absolute Gasteiger partial charge is 0.388 e. The normalized spacial score (nSPS) is 12.3. The van der Waals surface area contributed by atoms with E-state index in [0.29, 0.717) is 12.8 Å². The van der Waals surface area contributed by atoms with Crippen LogP contribution in [0, 0.1) is 0 Å². The van der Waals surface area contributed by atoms with E-state index in [1.165, 1.54) is 4.90 Å². The van der Waals surface area contributed by atoms with Gasteiger partial charge in [0.05, 0.1) is 6.10 Å². The lowest BCUT2D eigenvalue weighted by Gasteiger charge is -2.11. The summed E-state index contributed by atoms with van der Waals surface area (Å²) in [6.07, 6.45) is 7.87. The number of nitrogens with one attached hydrogen (secondary N) is 1. The highest BCUT2D eigenvalue weighted by atomic mass is 32.2. The summed E-state index contributed by atoms with van der Waals surface area (Å²) in [6, 6.07) is 16.2. The van der Waals surface area contributed by atoms with E-state index in [1.54, 1.807) is 17.2 Å². The molecule has 0 bridgehead atoms. The van der Waals surface area contributed by atoms with Gasteiger partial charge in [-0.3, -0.25) is 10.0 Å². The van der Waals surface area contributed by atoms with Crippen molar-refractivity contribution >= 4 is 29.8 Å². The first kappa shape index (κ1) is 20.2. The maximum Gasteiger partial charge on any atom is 0.243 e. The molecule has 2 aromatic carbocycles. The molecule has 4 nitrogen and oxygen atoms in total. The summed E-state index contributed by atoms with van der Waals surface area (Å²) in [6.45, 7) is 0. The first-order chi connectivity index (χ1) is 12.6. The second-order valence-electron chi connectivity index (χ2n) is 6.07. The van der Waals surface area contributed by atoms with Crippen LogP contribution >= 0.6 is 11.8 Å². The Balaban J connectivity index is 1.84. The topological polar surface area (TPSA) is 69.6 Å². The maximum atomic E-state index is 10.9. The Morgan fingerprint density at radius 3 is 2.15 bits per heavy atom. The third-order valence-corrected chi connectivity index (χ3v) is 4.90. The number of carbonyl (C=O) groups excluding carboxylic acids is 1. The van der Waals surface area contributed by atoms with Gasteiger partial charge in [-0.05, 0) is 47.9 Å². The van der Waals surface area contributed by atoms with Crippen LogP contribution in [-0.4, -0.2) is 22.5 Å². The third-order valence-electron chi connectivity index (χ3n) is 4.16. The molecule has 0 unspecified atom stereocenters. The molecule has 0 aromatic heterocycles. The highest BCUT2D eigenvalue weighted by Gasteiger charge is 2.07. The van der Waals surface area contributed by atoms with Crippen molar-refractivity contribution in [3.8, 4) is 0 Å². The molecule has 0 radical (unpaired) electrons. The summed E-state index contributed by atoms with van der Waals surface area (Å²) in [5, 5.41) is 18.7. The van der Waals surface area contributed by atoms with Crippen molar-refractivity contribution in [2.24, 2.45) is 0 Å². The van der Waals surface area contributed by atoms with Crippen LogP contribution in [0.3, 0.4) is 0 Å². The van der Waals surface area contributed by atoms with E-state index in [-0.39, 0.29) is 6.42 Å². The minimum atomic E-state index is -0.538. The molecule has 0 spiro atoms. The molecule has 1 amide bonds. The number of hydrogen-bond acceptors (Lipinski definition) is 4. The molecule has 0 saturated heterocycles. The van der Waals surface area contributed by atoms with Gasteiger partial charge in [-0.2, -0.15) is 0 Å². The highest BCUT2D eigenvalue weighted by Crippen LogP contribution is 2.21. The van der Waals surface area contributed by atoms with E-state index < -0.39 is 12.0 Å². The quantitative estimate of drug-likeness (QED) is 0.197. The molecule has 1 atom stereocenters. The van der Waals surface area contributed by atoms with E-state index in [1.807, 2.05) is 24.3 Å². The van der Waals surface area contributed by atoms with Crippen LogP contribution < -0.4 is 5.48 Å². The fourth-order valence-corrected chi connectivity index (χ4v) is 2.99. The maximum absolute atomic E-state index is 10.9. The van der Waals surface area contributed by atoms with Crippen molar-refractivity contribution in [1.82, 2.24) is 5.48 Å². The minimum absolute atomic E-state index is 0.269. The van der Waals surface area contributed by atoms with Crippen LogP contribution in [-0.2, 0) is 4.79 Å². The summed E-state index contributed by atoms with van der Waals surface area (Å²) >= 11 is 1.73. The number of carbonyl (C=O) groups is 1. The van der Waals surface area contributed by atoms with Crippen molar-refractivity contribution in [2.45, 2.75) is 36.7 Å². The van der Waals surface area contributed by atoms with E-state index >= 15 is 0 Å². The Bertz CT molecular complexity index is 711. The molecule has 3 N–H and O–H groups in total. The molecule has 2 rings (SSSR count). The number of hydroxylamine groups is 1. The highest BCUT2D eigenvalue weighted by molar-refractivity contribution is 7.98. The van der Waals surface area contributed by atoms with E-state index in [9.17, 15) is 9.90 Å². The fourth-order valence-electron chi connectivity index (χ4n) is 2.58. The van der Waals surface area contributed by atoms with Crippen molar-refractivity contribution < 1.29 is 15.1 Å². The Morgan fingerprint density at radius 1 is 1.04 bits per heavy atom. The zero-order chi connectivity index (χ0) is 18.8. The van der Waals surface area contributed by atoms with Gasteiger partial charge < -0.3 is 5.11 Å². The molecule has 0 saturated carbocycles. The average molecular weight is 372 g/mol. The molecule has 5 heteroatoms. The minimum Gasteiger partial charge on any atom is -0.388 e. The lowest BCUT2D eigenvalue weighted by atomic mass is 10.0. The Labute approximate surface area is 158 Å². The second-order valence-corrected chi connectivity index (χ2v) is 6.95. The lowest BCUT2D eigenvalue weighted by molar-refractivity contribution is -0.129. The van der Waals surface area contributed by atoms with E-state index in [4.69, 9.17) is 5.21 Å². The number of thioether (sulfide) groups is 1. The van der Waals surface area contributed by atoms with Gasteiger partial charge in [-0.25, -0.2) is 5.48 Å². The van der Waals surface area contributed by atoms with Crippen LogP contribution in [0.4, 0.5) is 0 Å². The van der Waals surface area contributed by atoms with Crippen LogP contribution in [0.2, 0.25) is 0 Å². The summed E-state index contributed by atoms with van der Waals surface area (Å²) in [7, 11) is 0. The molecule has 2 aromatic rings. The van der Waals surface area contributed by atoms with Gasteiger partial charge in [0.2, 0.25) is 5.91 Å². The van der Waals surface area contributed by atoms with Gasteiger partial charge in [0.1, 0.15) is 0 Å². The molecular formula is C21H25NO3S. The first-order valence-electron chi connectivity index (χ1n) is 8.65. The smallest absolute Gasteiger partial charge is 0.243 e. The van der Waals surface area contributed by atoms with Crippen LogP contribution in [0.5, 0.6) is 0 Å². The Kier molecular flexibility index (Phi) is 8.41. The number of aliphatic hydroxyl groups is 1. The Hall–Kier alpha value is -2.08. The van der Waals surface area contributed by atoms with Gasteiger partial charge in [0.15, 0.2) is 0 Å². The van der Waals surface area contributed by atoms with Gasteiger partial charge in [-0.1, -0.05) is 55.0 Å². The number of aliphatic hydroxyl groups excluding tert-OH is 1. The molecule has 0 aliphatic carbocycles. The summed E-state index contributed by atoms with van der Waals surface area (Å²) in [5.74, 6) is -0.390. The Morgan fingerprint density at radius 2 is 1.62 bits per heavy atom. The first-order valence-corrected chi connectivity index (χ1v) is 9.88. The SMILES string of the molecule is CSc1ccc(C=Cc2ccc([C@H](O)CCCCC(=O)NO)cc2)cc1. The fraction of sp³-hybridized carbons (Fsp3) is 0.286. The van der Waals surface area contributed by atoms with Gasteiger partial charge in [-0.15, -0.1) is 11.8 Å². The molecule has 0 aliphatic rings. The standard InChI is InChI=1S/C21H25NO3S/c1-26-19-14-10-17(11-15-19)7-6-16-8-12-18(13-9-16)20(23)4-2-3-5-21(24)22-25/h6-15,20,23,25H,2-5H2,1H3,(H,22,24)/t20-/m1/s1. The second kappa shape index (κ2) is 10.8. The molecule has 0 fully saturated rings. The van der Waals surface area contributed by atoms with Crippen molar-refractivity contribution in [3.05, 3.63) is 65.2 Å². The van der Waals surface area contributed by atoms with Crippen LogP contribution in [0.15, 0.2) is 53.4 Å². The molecule has 138 valence electrons. The predicted octanol–water partition coefficient (Wildman–Crippen LogP) is 4.68. The molecule has 26 heavy (non-hydrogen) atoms. The number of rotatable bonds is 9. The predicted molar refractivity (Wildman–Crippen MR) is 107 cm³/mol. The van der Waals surface area contributed by atoms with Crippen molar-refractivity contribution in [2.75, 3.05) is 6.26 Å². The van der Waals surface area contributed by atoms with E-state index in [0.717, 1.165) is 23.1 Å². The summed E-state index contributed by atoms with van der Waals surface area (Å²) < 4.78 is 0. The molecule has 0 aliphatic heterocycles. The summed E-state index contributed by atoms with van der Waals surface area (Å²) in [4.78, 5) is 12.2. The summed E-state index contributed by atoms with van der Waals surface area (Å²) in [5.41, 5.74) is 4.71. The van der Waals surface area contributed by atoms with Gasteiger partial charge in [0.25, 0.3) is 0 Å². The zero-order valence-electron chi connectivity index (χ0n) is 14.9. The molecular weight excluding hydrogens is 346 g/mol. The number of hydrogen-bond donors (Lipinski definition) is 3. The van der Waals surface area contributed by atoms with Gasteiger partial charge >= 0.3 is 0 Å². The number of amides is 1. The molecule has 0 heterocycles. The lowest BCUT2D eigenvalue weighted by Crippen LogP contribution is -2.17. The van der Waals surface area contributed by atoms with Crippen LogP contribution in [0.25, 0.3) is 12.2 Å². The monoisotopic (exact) mass is 371 g/mol. The number of unbranched alkanes of at least 4 members (excludes halogenated alkanes) is 1. The third kappa shape index (κ3) is 6.67. The van der Waals surface area contributed by atoms with Gasteiger partial charge in [0, 0.05) is 11.3 Å². The average Bonchev–Trinajstić information content (AvgIpc) is 2.70. The zero-order valence-corrected chi connectivity index (χ0v) is 15.7. The van der Waals surface area contributed by atoms with Crippen LogP contribution in [0.1, 0.15) is 48.5 Å². The van der Waals surface area contributed by atoms with Crippen molar-refractivity contribution in [1.29, 1.82) is 0 Å². The van der Waals surface area contributed by atoms with Crippen molar-refractivity contribution in [3.63, 3.8) is 0 Å². The van der Waals surface area contributed by atoms with E-state index in [2.05, 4.69) is 42.7 Å². The number of benzene rings is 2.